The number of hydrogen-bond donors (Lipinski definition) is 3. The second kappa shape index (κ2) is 9.64. The van der Waals surface area contributed by atoms with E-state index >= 15 is 0 Å². The summed E-state index contributed by atoms with van der Waals surface area (Å²) in [6, 6.07) is 7.80. The molecule has 0 saturated heterocycles. The summed E-state index contributed by atoms with van der Waals surface area (Å²) in [5.41, 5.74) is 1.43. The van der Waals surface area contributed by atoms with Crippen molar-refractivity contribution in [1.29, 1.82) is 0 Å². The van der Waals surface area contributed by atoms with Crippen molar-refractivity contribution in [2.75, 3.05) is 12.4 Å². The molecular weight excluding hydrogens is 482 g/mol. The number of H-pyrrole nitrogens is 1. The molecule has 3 heterocycles. The van der Waals surface area contributed by atoms with Crippen molar-refractivity contribution in [3.8, 4) is 5.75 Å². The van der Waals surface area contributed by atoms with Gasteiger partial charge in [0.25, 0.3) is 5.91 Å². The molecule has 0 saturated carbocycles. The minimum atomic E-state index is -0.840. The van der Waals surface area contributed by atoms with Crippen LogP contribution in [0.3, 0.4) is 0 Å². The summed E-state index contributed by atoms with van der Waals surface area (Å²) < 4.78 is 36.0. The van der Waals surface area contributed by atoms with E-state index in [9.17, 15) is 13.6 Å². The Morgan fingerprint density at radius 1 is 1.11 bits per heavy atom. The number of benzene rings is 2. The Labute approximate surface area is 209 Å². The van der Waals surface area contributed by atoms with E-state index in [0.717, 1.165) is 11.8 Å². The zero-order valence-corrected chi connectivity index (χ0v) is 20.1. The van der Waals surface area contributed by atoms with E-state index in [1.165, 1.54) is 31.5 Å². The van der Waals surface area contributed by atoms with Gasteiger partial charge in [-0.3, -0.25) is 9.48 Å². The van der Waals surface area contributed by atoms with Gasteiger partial charge in [0.15, 0.2) is 11.6 Å². The summed E-state index contributed by atoms with van der Waals surface area (Å²) in [6.07, 6.45) is 4.54. The number of rotatable bonds is 7. The van der Waals surface area contributed by atoms with E-state index < -0.39 is 23.6 Å². The molecule has 5 rings (SSSR count). The molecule has 188 valence electrons. The quantitative estimate of drug-likeness (QED) is 0.307. The molecule has 0 bridgehead atoms. The molecule has 0 spiro atoms. The molecule has 1 atom stereocenters. The van der Waals surface area contributed by atoms with Gasteiger partial charge in [0, 0.05) is 36.8 Å². The van der Waals surface area contributed by atoms with Gasteiger partial charge in [-0.1, -0.05) is 6.07 Å². The Balaban J connectivity index is 1.48. The molecule has 0 unspecified atom stereocenters. The third-order valence-corrected chi connectivity index (χ3v) is 5.75. The van der Waals surface area contributed by atoms with E-state index in [4.69, 9.17) is 4.74 Å². The molecule has 0 aliphatic rings. The van der Waals surface area contributed by atoms with Crippen LogP contribution in [0.4, 0.5) is 20.5 Å². The van der Waals surface area contributed by atoms with Crippen LogP contribution in [0.15, 0.2) is 55.0 Å². The topological polar surface area (TPSA) is 123 Å². The Bertz CT molecular complexity index is 1610. The lowest BCUT2D eigenvalue weighted by Gasteiger charge is -2.18. The Kier molecular flexibility index (Phi) is 6.22. The van der Waals surface area contributed by atoms with Gasteiger partial charge in [-0.2, -0.15) is 5.10 Å². The molecule has 0 fully saturated rings. The van der Waals surface area contributed by atoms with Crippen LogP contribution >= 0.6 is 0 Å². The number of amides is 1. The molecule has 37 heavy (non-hydrogen) atoms. The Morgan fingerprint density at radius 2 is 1.95 bits per heavy atom. The second-order valence-electron chi connectivity index (χ2n) is 8.30. The molecule has 3 N–H and O–H groups in total. The lowest BCUT2D eigenvalue weighted by Crippen LogP contribution is -2.30. The number of methoxy groups -OCH3 is 1. The van der Waals surface area contributed by atoms with Crippen molar-refractivity contribution in [1.82, 2.24) is 35.0 Å². The lowest BCUT2D eigenvalue weighted by molar-refractivity contribution is 0.0941. The Hall–Kier alpha value is -4.87. The molecule has 12 heteroatoms. The highest BCUT2D eigenvalue weighted by molar-refractivity contribution is 5.98. The number of halogens is 2. The summed E-state index contributed by atoms with van der Waals surface area (Å²) in [6.45, 7) is 1.81. The van der Waals surface area contributed by atoms with Gasteiger partial charge in [-0.05, 0) is 36.8 Å². The number of aromatic amines is 1. The van der Waals surface area contributed by atoms with Gasteiger partial charge < -0.3 is 20.4 Å². The molecule has 0 aliphatic carbocycles. The van der Waals surface area contributed by atoms with Gasteiger partial charge in [0.2, 0.25) is 5.95 Å². The number of carbonyl (C=O) groups excluding carboxylic acids is 1. The minimum Gasteiger partial charge on any atom is -0.494 e. The average molecular weight is 505 g/mol. The first-order chi connectivity index (χ1) is 17.8. The number of ether oxygens (including phenoxy) is 1. The molecule has 1 amide bonds. The number of nitrogens with one attached hydrogen (secondary N) is 3. The predicted octanol–water partition coefficient (Wildman–Crippen LogP) is 3.94. The summed E-state index contributed by atoms with van der Waals surface area (Å²) >= 11 is 0. The van der Waals surface area contributed by atoms with Gasteiger partial charge in [-0.15, -0.1) is 0 Å². The van der Waals surface area contributed by atoms with Crippen molar-refractivity contribution in [2.45, 2.75) is 13.0 Å². The molecular formula is C25H22F2N8O2. The van der Waals surface area contributed by atoms with Crippen molar-refractivity contribution in [3.63, 3.8) is 0 Å². The largest absolute Gasteiger partial charge is 0.494 e. The molecule has 0 aliphatic heterocycles. The first-order valence-electron chi connectivity index (χ1n) is 11.2. The highest BCUT2D eigenvalue weighted by Crippen LogP contribution is 2.27. The van der Waals surface area contributed by atoms with Crippen molar-refractivity contribution >= 4 is 28.6 Å². The number of hydrogen-bond acceptors (Lipinski definition) is 7. The second-order valence-corrected chi connectivity index (χ2v) is 8.30. The van der Waals surface area contributed by atoms with Crippen molar-refractivity contribution in [3.05, 3.63) is 89.3 Å². The molecule has 10 nitrogen and oxygen atoms in total. The van der Waals surface area contributed by atoms with Gasteiger partial charge in [0.1, 0.15) is 23.5 Å². The third kappa shape index (κ3) is 4.81. The number of carbonyl (C=O) groups is 1. The maximum absolute atomic E-state index is 14.9. The van der Waals surface area contributed by atoms with Crippen LogP contribution in [0.1, 0.15) is 33.5 Å². The SMILES string of the molecule is COc1ccc([C@H](NC(=O)c2cc(F)c3cnc(Nc4ccnn4C)nc3c2)c2ncc(C)[nH]2)cc1F. The van der Waals surface area contributed by atoms with Crippen molar-refractivity contribution < 1.29 is 18.3 Å². The smallest absolute Gasteiger partial charge is 0.252 e. The van der Waals surface area contributed by atoms with Gasteiger partial charge >= 0.3 is 0 Å². The first kappa shape index (κ1) is 23.9. The summed E-state index contributed by atoms with van der Waals surface area (Å²) in [4.78, 5) is 29.2. The van der Waals surface area contributed by atoms with Gasteiger partial charge in [0.05, 0.1) is 24.2 Å². The Morgan fingerprint density at radius 3 is 2.62 bits per heavy atom. The first-order valence-corrected chi connectivity index (χ1v) is 11.2. The molecule has 2 aromatic carbocycles. The van der Waals surface area contributed by atoms with Crippen LogP contribution in [0, 0.1) is 18.6 Å². The van der Waals surface area contributed by atoms with Gasteiger partial charge in [-0.25, -0.2) is 23.7 Å². The van der Waals surface area contributed by atoms with E-state index in [1.807, 2.05) is 0 Å². The normalized spacial score (nSPS) is 11.9. The zero-order chi connectivity index (χ0) is 26.1. The van der Waals surface area contributed by atoms with Crippen LogP contribution in [-0.4, -0.2) is 42.7 Å². The fourth-order valence-corrected chi connectivity index (χ4v) is 3.86. The third-order valence-electron chi connectivity index (χ3n) is 5.75. The maximum atomic E-state index is 14.9. The fraction of sp³-hybridized carbons (Fsp3) is 0.160. The number of fused-ring (bicyclic) bond motifs is 1. The van der Waals surface area contributed by atoms with E-state index in [-0.39, 0.29) is 28.2 Å². The molecule has 3 aromatic heterocycles. The number of aromatic nitrogens is 6. The maximum Gasteiger partial charge on any atom is 0.252 e. The average Bonchev–Trinajstić information content (AvgIpc) is 3.49. The number of aryl methyl sites for hydroxylation is 2. The lowest BCUT2D eigenvalue weighted by atomic mass is 10.0. The monoisotopic (exact) mass is 504 g/mol. The zero-order valence-electron chi connectivity index (χ0n) is 20.1. The summed E-state index contributed by atoms with van der Waals surface area (Å²) in [5.74, 6) is -0.545. The molecule has 0 radical (unpaired) electrons. The predicted molar refractivity (Wildman–Crippen MR) is 132 cm³/mol. The number of nitrogens with zero attached hydrogens (tertiary/aromatic N) is 5. The van der Waals surface area contributed by atoms with Crippen LogP contribution in [0.2, 0.25) is 0 Å². The van der Waals surface area contributed by atoms with Crippen LogP contribution in [0.25, 0.3) is 10.9 Å². The molecule has 5 aromatic rings. The summed E-state index contributed by atoms with van der Waals surface area (Å²) in [5, 5.41) is 10.0. The number of imidazole rings is 1. The van der Waals surface area contributed by atoms with E-state index in [0.29, 0.717) is 17.2 Å². The highest BCUT2D eigenvalue weighted by atomic mass is 19.1. The number of anilines is 2. The van der Waals surface area contributed by atoms with Crippen LogP contribution < -0.4 is 15.4 Å². The fourth-order valence-electron chi connectivity index (χ4n) is 3.86. The minimum absolute atomic E-state index is 0.0254. The van der Waals surface area contributed by atoms with Crippen LogP contribution in [0.5, 0.6) is 5.75 Å². The van der Waals surface area contributed by atoms with E-state index in [1.54, 1.807) is 43.2 Å². The van der Waals surface area contributed by atoms with Crippen LogP contribution in [-0.2, 0) is 7.05 Å². The standard InChI is InChI=1S/C25H22F2N8O2/c1-13-11-28-23(31-13)22(14-4-5-20(37-3)18(27)8-14)34-24(36)15-9-17(26)16-12-29-25(32-19(16)10-15)33-21-6-7-30-35(21)2/h4-12,22H,1-3H3,(H,28,31)(H,34,36)(H,29,32,33)/t22-/m0/s1. The summed E-state index contributed by atoms with van der Waals surface area (Å²) in [7, 11) is 3.11. The van der Waals surface area contributed by atoms with E-state index in [2.05, 4.69) is 35.7 Å². The highest BCUT2D eigenvalue weighted by Gasteiger charge is 2.23. The van der Waals surface area contributed by atoms with Crippen molar-refractivity contribution in [2.24, 2.45) is 7.05 Å².